The quantitative estimate of drug-likeness (QED) is 0.464. The van der Waals surface area contributed by atoms with Gasteiger partial charge in [-0.1, -0.05) is 42.1 Å². The first kappa shape index (κ1) is 15.6. The molecule has 0 spiro atoms. The third-order valence-electron chi connectivity index (χ3n) is 3.67. The Morgan fingerprint density at radius 1 is 1.12 bits per heavy atom. The summed E-state index contributed by atoms with van der Waals surface area (Å²) in [5.74, 6) is 0.496. The fourth-order valence-corrected chi connectivity index (χ4v) is 3.42. The first-order valence-corrected chi connectivity index (χ1v) is 9.62. The van der Waals surface area contributed by atoms with Crippen LogP contribution in [-0.2, 0) is 0 Å². The molecule has 0 amide bonds. The summed E-state index contributed by atoms with van der Waals surface area (Å²) in [5.41, 5.74) is 3.58. The van der Waals surface area contributed by atoms with Crippen LogP contribution in [0, 0.1) is 3.57 Å². The number of para-hydroxylation sites is 1. The first-order valence-electron chi connectivity index (χ1n) is 7.31. The van der Waals surface area contributed by atoms with Crippen molar-refractivity contribution in [2.75, 3.05) is 11.6 Å². The van der Waals surface area contributed by atoms with Crippen molar-refractivity contribution in [3.8, 4) is 17.1 Å². The van der Waals surface area contributed by atoms with E-state index in [-0.39, 0.29) is 6.23 Å². The van der Waals surface area contributed by atoms with Crippen molar-refractivity contribution in [1.29, 1.82) is 0 Å². The van der Waals surface area contributed by atoms with Gasteiger partial charge in [0.1, 0.15) is 0 Å². The van der Waals surface area contributed by atoms with E-state index in [9.17, 15) is 0 Å². The maximum atomic E-state index is 6.18. The topological polar surface area (TPSA) is 59.9 Å². The van der Waals surface area contributed by atoms with Crippen LogP contribution in [0.2, 0.25) is 0 Å². The minimum Gasteiger partial charge on any atom is -0.448 e. The molecule has 0 fully saturated rings. The number of benzene rings is 2. The van der Waals surface area contributed by atoms with Crippen LogP contribution in [0.1, 0.15) is 11.8 Å². The van der Waals surface area contributed by atoms with E-state index in [0.717, 1.165) is 20.4 Å². The number of anilines is 1. The number of ether oxygens (including phenoxy) is 1. The number of fused-ring (bicyclic) bond motifs is 3. The second-order valence-electron chi connectivity index (χ2n) is 5.20. The summed E-state index contributed by atoms with van der Waals surface area (Å²) in [6.07, 6.45) is 1.58. The van der Waals surface area contributed by atoms with Gasteiger partial charge in [-0.25, -0.2) is 0 Å². The van der Waals surface area contributed by atoms with Gasteiger partial charge in [0.15, 0.2) is 11.9 Å². The maximum absolute atomic E-state index is 6.18. The molecule has 24 heavy (non-hydrogen) atoms. The zero-order valence-electron chi connectivity index (χ0n) is 12.7. The molecule has 1 aliphatic heterocycles. The largest absolute Gasteiger partial charge is 0.448 e. The summed E-state index contributed by atoms with van der Waals surface area (Å²) < 4.78 is 7.33. The number of thioether (sulfide) groups is 1. The molecule has 1 N–H and O–H groups in total. The summed E-state index contributed by atoms with van der Waals surface area (Å²) in [6.45, 7) is 0. The molecule has 0 aliphatic carbocycles. The van der Waals surface area contributed by atoms with E-state index in [4.69, 9.17) is 4.74 Å². The van der Waals surface area contributed by atoms with Crippen LogP contribution in [0.5, 0.6) is 5.88 Å². The molecular weight excluding hydrogens is 435 g/mol. The number of nitrogens with one attached hydrogen (secondary N) is 1. The lowest BCUT2D eigenvalue weighted by Gasteiger charge is -2.19. The molecule has 1 atom stereocenters. The summed E-state index contributed by atoms with van der Waals surface area (Å²) in [4.78, 5) is 4.51. The second kappa shape index (κ2) is 6.56. The van der Waals surface area contributed by atoms with Crippen LogP contribution < -0.4 is 10.1 Å². The highest BCUT2D eigenvalue weighted by atomic mass is 127. The molecule has 0 bridgehead atoms. The van der Waals surface area contributed by atoms with E-state index in [1.807, 2.05) is 42.7 Å². The van der Waals surface area contributed by atoms with Crippen molar-refractivity contribution >= 4 is 40.0 Å². The van der Waals surface area contributed by atoms with Gasteiger partial charge < -0.3 is 10.1 Å². The molecule has 1 aromatic heterocycles. The van der Waals surface area contributed by atoms with Crippen molar-refractivity contribution in [3.05, 3.63) is 57.7 Å². The van der Waals surface area contributed by atoms with E-state index in [1.54, 1.807) is 0 Å². The van der Waals surface area contributed by atoms with Gasteiger partial charge >= 0.3 is 0 Å². The minimum absolute atomic E-state index is 0.339. The third-order valence-corrected chi connectivity index (χ3v) is 4.88. The number of aromatic nitrogens is 3. The lowest BCUT2D eigenvalue weighted by Crippen LogP contribution is -2.17. The summed E-state index contributed by atoms with van der Waals surface area (Å²) in [7, 11) is 0. The molecule has 0 unspecified atom stereocenters. The molecular formula is C17H13IN4OS. The number of hydrogen-bond donors (Lipinski definition) is 1. The van der Waals surface area contributed by atoms with Crippen LogP contribution in [0.25, 0.3) is 11.3 Å². The van der Waals surface area contributed by atoms with Gasteiger partial charge in [-0.15, -0.1) is 10.2 Å². The van der Waals surface area contributed by atoms with E-state index in [0.29, 0.717) is 16.7 Å². The fourth-order valence-electron chi connectivity index (χ4n) is 2.55. The predicted octanol–water partition coefficient (Wildman–Crippen LogP) is 4.37. The summed E-state index contributed by atoms with van der Waals surface area (Å²) in [6, 6.07) is 16.2. The Balaban J connectivity index is 1.87. The van der Waals surface area contributed by atoms with Gasteiger partial charge in [-0.3, -0.25) is 0 Å². The highest BCUT2D eigenvalue weighted by Crippen LogP contribution is 2.39. The number of rotatable bonds is 2. The highest BCUT2D eigenvalue weighted by Gasteiger charge is 2.25. The molecule has 120 valence electrons. The van der Waals surface area contributed by atoms with Gasteiger partial charge in [-0.2, -0.15) is 4.98 Å². The van der Waals surface area contributed by atoms with Gasteiger partial charge in [0, 0.05) is 20.4 Å². The predicted molar refractivity (Wildman–Crippen MR) is 103 cm³/mol. The molecule has 2 aromatic carbocycles. The van der Waals surface area contributed by atoms with Crippen molar-refractivity contribution in [3.63, 3.8) is 0 Å². The van der Waals surface area contributed by atoms with E-state index < -0.39 is 0 Å². The third kappa shape index (κ3) is 2.93. The average Bonchev–Trinajstić information content (AvgIpc) is 2.78. The lowest BCUT2D eigenvalue weighted by molar-refractivity contribution is 0.225. The molecule has 4 rings (SSSR count). The maximum Gasteiger partial charge on any atom is 0.247 e. The highest BCUT2D eigenvalue weighted by molar-refractivity contribution is 14.1. The standard InChI is InChI=1S/C17H13IN4OS/c1-24-17-20-16-14(21-22-17)12-7-2-3-8-13(12)19-15(23-16)10-5-4-6-11(18)9-10/h2-9,15,19H,1H3/t15-/m1/s1. The molecule has 5 nitrogen and oxygen atoms in total. The lowest BCUT2D eigenvalue weighted by atomic mass is 10.1. The van der Waals surface area contributed by atoms with Gasteiger partial charge in [0.2, 0.25) is 11.0 Å². The van der Waals surface area contributed by atoms with Gasteiger partial charge in [-0.05, 0) is 47.0 Å². The van der Waals surface area contributed by atoms with Crippen molar-refractivity contribution in [1.82, 2.24) is 15.2 Å². The molecule has 2 heterocycles. The Kier molecular flexibility index (Phi) is 4.28. The fraction of sp³-hybridized carbons (Fsp3) is 0.118. The van der Waals surface area contributed by atoms with E-state index in [2.05, 4.69) is 55.2 Å². The summed E-state index contributed by atoms with van der Waals surface area (Å²) >= 11 is 3.74. The minimum atomic E-state index is -0.339. The Hall–Kier alpha value is -1.87. The number of hydrogen-bond acceptors (Lipinski definition) is 6. The zero-order valence-corrected chi connectivity index (χ0v) is 15.7. The van der Waals surface area contributed by atoms with Gasteiger partial charge in [0.05, 0.1) is 0 Å². The van der Waals surface area contributed by atoms with Crippen LogP contribution in [0.4, 0.5) is 5.69 Å². The zero-order chi connectivity index (χ0) is 16.5. The molecule has 3 aromatic rings. The van der Waals surface area contributed by atoms with E-state index in [1.165, 1.54) is 11.8 Å². The molecule has 1 aliphatic rings. The van der Waals surface area contributed by atoms with Crippen LogP contribution in [0.3, 0.4) is 0 Å². The second-order valence-corrected chi connectivity index (χ2v) is 7.21. The number of halogens is 1. The molecule has 0 saturated carbocycles. The van der Waals surface area contributed by atoms with Gasteiger partial charge in [0.25, 0.3) is 0 Å². The Morgan fingerprint density at radius 3 is 2.83 bits per heavy atom. The van der Waals surface area contributed by atoms with Crippen molar-refractivity contribution in [2.24, 2.45) is 0 Å². The Morgan fingerprint density at radius 2 is 2.00 bits per heavy atom. The summed E-state index contributed by atoms with van der Waals surface area (Å²) in [5, 5.41) is 12.5. The van der Waals surface area contributed by atoms with Crippen molar-refractivity contribution < 1.29 is 4.74 Å². The molecule has 7 heteroatoms. The van der Waals surface area contributed by atoms with Crippen LogP contribution in [-0.4, -0.2) is 21.4 Å². The average molecular weight is 448 g/mol. The monoisotopic (exact) mass is 448 g/mol. The number of nitrogens with zero attached hydrogens (tertiary/aromatic N) is 3. The smallest absolute Gasteiger partial charge is 0.247 e. The normalized spacial score (nSPS) is 15.5. The Labute approximate surface area is 157 Å². The van der Waals surface area contributed by atoms with Crippen LogP contribution >= 0.6 is 34.4 Å². The van der Waals surface area contributed by atoms with E-state index >= 15 is 0 Å². The Bertz CT molecular complexity index is 905. The molecule has 0 radical (unpaired) electrons. The molecule has 0 saturated heterocycles. The van der Waals surface area contributed by atoms with Crippen LogP contribution in [0.15, 0.2) is 53.7 Å². The first-order chi connectivity index (χ1) is 11.7. The SMILES string of the molecule is CSc1nnc2c(n1)O[C@H](c1cccc(I)c1)Nc1ccccc1-2. The van der Waals surface area contributed by atoms with Crippen molar-refractivity contribution in [2.45, 2.75) is 11.4 Å².